The Morgan fingerprint density at radius 3 is 2.62 bits per heavy atom. The zero-order valence-corrected chi connectivity index (χ0v) is 8.19. The van der Waals surface area contributed by atoms with Gasteiger partial charge in [0, 0.05) is 6.54 Å². The van der Waals surface area contributed by atoms with Crippen LogP contribution in [0, 0.1) is 0 Å². The second kappa shape index (κ2) is 6.43. The molecular weight excluding hydrogens is 188 g/mol. The van der Waals surface area contributed by atoms with Crippen molar-refractivity contribution in [3.05, 3.63) is 0 Å². The topological polar surface area (TPSA) is 117 Å². The highest BCUT2D eigenvalue weighted by Crippen LogP contribution is 1.96. The molecule has 73 valence electrons. The first-order valence-electron chi connectivity index (χ1n) is 3.76. The number of rotatable bonds is 5. The largest absolute Gasteiger partial charge is 0.515 e. The summed E-state index contributed by atoms with van der Waals surface area (Å²) in [5, 5.41) is 0. The molecule has 0 saturated carbocycles. The van der Waals surface area contributed by atoms with Crippen LogP contribution >= 0.6 is 0 Å². The predicted octanol–water partition coefficient (Wildman–Crippen LogP) is -2.01. The Hall–Kier alpha value is -1.08. The summed E-state index contributed by atoms with van der Waals surface area (Å²) in [5.41, 5.74) is 15.6. The van der Waals surface area contributed by atoms with Crippen LogP contribution in [0.4, 0.5) is 0 Å². The van der Waals surface area contributed by atoms with E-state index in [0.717, 1.165) is 0 Å². The van der Waals surface area contributed by atoms with Crippen LogP contribution in [-0.4, -0.2) is 35.0 Å². The Balaban J connectivity index is 3.53. The number of guanidine groups is 1. The molecule has 7 heteroatoms. The van der Waals surface area contributed by atoms with Crippen molar-refractivity contribution in [1.82, 2.24) is 0 Å². The molecule has 0 aliphatic heterocycles. The van der Waals surface area contributed by atoms with Crippen LogP contribution < -0.4 is 17.2 Å². The van der Waals surface area contributed by atoms with Crippen molar-refractivity contribution in [3.63, 3.8) is 0 Å². The Labute approximate surface area is 80.0 Å². The van der Waals surface area contributed by atoms with E-state index in [4.69, 9.17) is 17.2 Å². The molecule has 6 nitrogen and oxygen atoms in total. The van der Waals surface area contributed by atoms with Gasteiger partial charge < -0.3 is 21.6 Å². The quantitative estimate of drug-likeness (QED) is 0.206. The highest BCUT2D eigenvalue weighted by atomic mass is 28.2. The van der Waals surface area contributed by atoms with Crippen LogP contribution in [0.15, 0.2) is 4.99 Å². The van der Waals surface area contributed by atoms with Gasteiger partial charge in [0.2, 0.25) is 0 Å². The summed E-state index contributed by atoms with van der Waals surface area (Å²) in [5.74, 6) is -0.461. The van der Waals surface area contributed by atoms with Gasteiger partial charge in [0.05, 0.1) is 0 Å². The molecule has 0 aromatic heterocycles. The fourth-order valence-corrected chi connectivity index (χ4v) is 0.864. The monoisotopic (exact) mass is 201 g/mol. The second-order valence-corrected chi connectivity index (χ2v) is 2.68. The molecule has 0 rings (SSSR count). The summed E-state index contributed by atoms with van der Waals surface area (Å²) in [4.78, 5) is 14.5. The van der Waals surface area contributed by atoms with Crippen molar-refractivity contribution in [2.75, 3.05) is 6.54 Å². The standard InChI is InChI=1S/C6H13N4O2Si/c7-4(5(11)12-13)2-1-3-10-6(8)9/h4H,1-3,7H2,(H4,8,9,10)/t4-/m0/s1. The maximum atomic E-state index is 10.8. The molecule has 0 aliphatic rings. The average Bonchev–Trinajstić information content (AvgIpc) is 2.10. The van der Waals surface area contributed by atoms with Crippen LogP contribution in [0.5, 0.6) is 0 Å². The van der Waals surface area contributed by atoms with Crippen molar-refractivity contribution in [2.24, 2.45) is 22.2 Å². The second-order valence-electron chi connectivity index (χ2n) is 2.48. The first-order chi connectivity index (χ1) is 6.07. The van der Waals surface area contributed by atoms with E-state index in [1.807, 2.05) is 0 Å². The van der Waals surface area contributed by atoms with E-state index in [-0.39, 0.29) is 5.96 Å². The van der Waals surface area contributed by atoms with E-state index in [1.165, 1.54) is 0 Å². The van der Waals surface area contributed by atoms with Crippen molar-refractivity contribution in [1.29, 1.82) is 0 Å². The zero-order chi connectivity index (χ0) is 10.3. The Bertz CT molecular complexity index is 193. The molecule has 0 aliphatic carbocycles. The van der Waals surface area contributed by atoms with Crippen molar-refractivity contribution >= 4 is 22.4 Å². The SMILES string of the molecule is NC(N)=NCCC[C@H](N)C(=O)O[Si]. The smallest absolute Gasteiger partial charge is 0.345 e. The molecule has 0 fully saturated rings. The van der Waals surface area contributed by atoms with E-state index in [1.54, 1.807) is 0 Å². The minimum absolute atomic E-state index is 0.0382. The number of hydrogen-bond acceptors (Lipinski definition) is 4. The fourth-order valence-electron chi connectivity index (χ4n) is 0.713. The minimum Gasteiger partial charge on any atom is -0.515 e. The lowest BCUT2D eigenvalue weighted by atomic mass is 10.2. The number of hydrogen-bond donors (Lipinski definition) is 3. The Morgan fingerprint density at radius 2 is 2.15 bits per heavy atom. The number of carbonyl (C=O) groups is 1. The molecule has 0 heterocycles. The minimum atomic E-state index is -0.633. The number of nitrogens with zero attached hydrogens (tertiary/aromatic N) is 1. The molecule has 0 spiro atoms. The summed E-state index contributed by atoms with van der Waals surface area (Å²) in [6.07, 6.45) is 1.13. The van der Waals surface area contributed by atoms with Crippen LogP contribution in [0.25, 0.3) is 0 Å². The number of carbonyl (C=O) groups excluding carboxylic acids is 1. The normalized spacial score (nSPS) is 11.8. The summed E-state index contributed by atoms with van der Waals surface area (Å²) < 4.78 is 4.25. The Kier molecular flexibility index (Phi) is 5.90. The summed E-state index contributed by atoms with van der Waals surface area (Å²) in [6.45, 7) is 0.463. The fraction of sp³-hybridized carbons (Fsp3) is 0.667. The summed E-state index contributed by atoms with van der Waals surface area (Å²) in [6, 6.07) is -0.633. The van der Waals surface area contributed by atoms with E-state index >= 15 is 0 Å². The lowest BCUT2D eigenvalue weighted by Gasteiger charge is -2.07. The van der Waals surface area contributed by atoms with E-state index in [2.05, 4.69) is 19.9 Å². The molecule has 0 bridgehead atoms. The van der Waals surface area contributed by atoms with Crippen LogP contribution in [0.1, 0.15) is 12.8 Å². The van der Waals surface area contributed by atoms with E-state index in [0.29, 0.717) is 19.4 Å². The molecule has 0 aromatic carbocycles. The molecule has 0 aromatic rings. The zero-order valence-electron chi connectivity index (χ0n) is 7.19. The van der Waals surface area contributed by atoms with Gasteiger partial charge in [-0.15, -0.1) is 0 Å². The van der Waals surface area contributed by atoms with E-state index in [9.17, 15) is 4.79 Å². The number of aliphatic imine (C=N–C) groups is 1. The van der Waals surface area contributed by atoms with Gasteiger partial charge in [0.25, 0.3) is 0 Å². The van der Waals surface area contributed by atoms with Gasteiger partial charge in [0.1, 0.15) is 6.04 Å². The molecular formula is C6H13N4O2Si. The molecule has 13 heavy (non-hydrogen) atoms. The summed E-state index contributed by atoms with van der Waals surface area (Å²) >= 11 is 0. The van der Waals surface area contributed by atoms with Gasteiger partial charge in [-0.2, -0.15) is 0 Å². The molecule has 0 unspecified atom stereocenters. The van der Waals surface area contributed by atoms with Crippen molar-refractivity contribution in [3.8, 4) is 0 Å². The van der Waals surface area contributed by atoms with Gasteiger partial charge in [-0.1, -0.05) is 0 Å². The maximum Gasteiger partial charge on any atom is 0.345 e. The molecule has 0 saturated heterocycles. The first kappa shape index (κ1) is 11.9. The van der Waals surface area contributed by atoms with Crippen LogP contribution in [-0.2, 0) is 9.22 Å². The first-order valence-corrected chi connectivity index (χ1v) is 4.17. The molecule has 1 atom stereocenters. The van der Waals surface area contributed by atoms with Crippen molar-refractivity contribution in [2.45, 2.75) is 18.9 Å². The molecule has 3 radical (unpaired) electrons. The van der Waals surface area contributed by atoms with Crippen LogP contribution in [0.2, 0.25) is 0 Å². The number of nitrogens with two attached hydrogens (primary N) is 3. The average molecular weight is 201 g/mol. The lowest BCUT2D eigenvalue weighted by Crippen LogP contribution is -2.32. The third kappa shape index (κ3) is 6.11. The maximum absolute atomic E-state index is 10.8. The van der Waals surface area contributed by atoms with E-state index < -0.39 is 12.0 Å². The van der Waals surface area contributed by atoms with Gasteiger partial charge in [-0.3, -0.25) is 9.79 Å². The molecule has 0 amide bonds. The van der Waals surface area contributed by atoms with Crippen LogP contribution in [0.3, 0.4) is 0 Å². The third-order valence-corrected chi connectivity index (χ3v) is 1.57. The third-order valence-electron chi connectivity index (χ3n) is 1.37. The Morgan fingerprint density at radius 1 is 1.54 bits per heavy atom. The predicted molar refractivity (Wildman–Crippen MR) is 49.7 cm³/mol. The van der Waals surface area contributed by atoms with Gasteiger partial charge in [-0.05, 0) is 12.8 Å². The molecule has 6 N–H and O–H groups in total. The van der Waals surface area contributed by atoms with Crippen molar-refractivity contribution < 1.29 is 9.22 Å². The summed E-state index contributed by atoms with van der Waals surface area (Å²) in [7, 11) is 2.60. The van der Waals surface area contributed by atoms with Gasteiger partial charge in [-0.25, -0.2) is 0 Å². The lowest BCUT2D eigenvalue weighted by molar-refractivity contribution is -0.135. The van der Waals surface area contributed by atoms with Gasteiger partial charge in [0.15, 0.2) is 5.96 Å². The highest BCUT2D eigenvalue weighted by molar-refractivity contribution is 6.06. The van der Waals surface area contributed by atoms with Gasteiger partial charge >= 0.3 is 16.5 Å². The highest BCUT2D eigenvalue weighted by Gasteiger charge is 2.11.